The number of aliphatic hydroxyl groups is 1. The molecule has 4 aliphatic rings. The molecule has 10 nitrogen and oxygen atoms in total. The molecule has 276 valence electrons. The summed E-state index contributed by atoms with van der Waals surface area (Å²) in [6.07, 6.45) is 4.01. The monoisotopic (exact) mass is 763 g/mol. The number of nitrogens with zero attached hydrogens (tertiary/aromatic N) is 5. The molecule has 0 bridgehead atoms. The second-order valence-corrected chi connectivity index (χ2v) is 16.1. The van der Waals surface area contributed by atoms with Crippen molar-refractivity contribution in [3.05, 3.63) is 92.5 Å². The van der Waals surface area contributed by atoms with Crippen molar-refractivity contribution >= 4 is 40.1 Å². The van der Waals surface area contributed by atoms with Gasteiger partial charge in [0.1, 0.15) is 28.5 Å². The minimum Gasteiger partial charge on any atom is -0.481 e. The average Bonchev–Trinajstić information content (AvgIpc) is 3.95. The Kier molecular flexibility index (Phi) is 9.11. The maximum absolute atomic E-state index is 11.9. The average molecular weight is 765 g/mol. The van der Waals surface area contributed by atoms with E-state index in [1.54, 1.807) is 7.11 Å². The number of oxazole rings is 1. The van der Waals surface area contributed by atoms with Crippen LogP contribution in [0.4, 0.5) is 0 Å². The number of fused-ring (bicyclic) bond motifs is 2. The maximum atomic E-state index is 11.9. The number of Topliss-reactive ketones (excluding diaryl/α,β-unsaturated/α-hetero) is 1. The van der Waals surface area contributed by atoms with Crippen LogP contribution in [0.25, 0.3) is 33.7 Å². The normalized spacial score (nSPS) is 20.8. The van der Waals surface area contributed by atoms with Gasteiger partial charge in [0, 0.05) is 68.7 Å². The Bertz CT molecular complexity index is 2350. The number of nitriles is 1. The van der Waals surface area contributed by atoms with Gasteiger partial charge < -0.3 is 19.0 Å². The van der Waals surface area contributed by atoms with E-state index in [0.717, 1.165) is 78.7 Å². The molecule has 0 unspecified atom stereocenters. The van der Waals surface area contributed by atoms with E-state index in [1.165, 1.54) is 0 Å². The number of aliphatic hydroxyl groups excluding tert-OH is 1. The summed E-state index contributed by atoms with van der Waals surface area (Å²) in [5, 5.41) is 20.9. The first-order valence-electron chi connectivity index (χ1n) is 18.5. The van der Waals surface area contributed by atoms with Crippen LogP contribution in [0, 0.1) is 16.7 Å². The van der Waals surface area contributed by atoms with E-state index in [-0.39, 0.29) is 17.6 Å². The molecule has 2 atom stereocenters. The second-order valence-electron chi connectivity index (χ2n) is 15.3. The van der Waals surface area contributed by atoms with Gasteiger partial charge in [-0.1, -0.05) is 53.5 Å². The van der Waals surface area contributed by atoms with Gasteiger partial charge in [-0.15, -0.1) is 0 Å². The summed E-state index contributed by atoms with van der Waals surface area (Å²) in [6, 6.07) is 20.0. The number of β-amino-alcohol motifs (C(OH)–C–C–N with tert-alkyl or cyclic N) is 1. The molecule has 54 heavy (non-hydrogen) atoms. The third-order valence-corrected chi connectivity index (χ3v) is 12.2. The molecule has 3 aromatic carbocycles. The van der Waals surface area contributed by atoms with Crippen molar-refractivity contribution in [2.45, 2.75) is 63.8 Å². The summed E-state index contributed by atoms with van der Waals surface area (Å²) in [7, 11) is 1.59. The standard InChI is InChI=1S/C42H39Cl2N5O5/c1-52-39-26(20-48-13-11-28(51)21-48)16-34(43)41(47-39)53-36-9-8-30-29(4-2-5-31(30)36)32-6-3-7-33(37(32)44)40-46-35-15-24(14-25(18-45)38(35)54-40)19-49-22-42(23-49)12-10-27(50)17-42/h2-7,14-16,28,36,51H,8-13,17,19-23H2,1H3/t28-,36-/m1/s1. The van der Waals surface area contributed by atoms with Gasteiger partial charge in [0.2, 0.25) is 17.7 Å². The molecule has 12 heteroatoms. The highest BCUT2D eigenvalue weighted by molar-refractivity contribution is 6.36. The zero-order valence-electron chi connectivity index (χ0n) is 29.9. The van der Waals surface area contributed by atoms with Gasteiger partial charge in [-0.2, -0.15) is 10.2 Å². The van der Waals surface area contributed by atoms with Crippen LogP contribution >= 0.6 is 23.2 Å². The molecule has 2 aromatic heterocycles. The Labute approximate surface area is 323 Å². The predicted molar refractivity (Wildman–Crippen MR) is 205 cm³/mol. The van der Waals surface area contributed by atoms with Crippen LogP contribution in [-0.2, 0) is 24.3 Å². The quantitative estimate of drug-likeness (QED) is 0.158. The lowest BCUT2D eigenvalue weighted by atomic mass is 9.78. The number of pyridine rings is 1. The predicted octanol–water partition coefficient (Wildman–Crippen LogP) is 7.93. The Hall–Kier alpha value is -4.50. The fraction of sp³-hybridized carbons (Fsp3) is 0.381. The molecule has 0 amide bonds. The summed E-state index contributed by atoms with van der Waals surface area (Å²) in [4.78, 5) is 25.9. The first-order chi connectivity index (χ1) is 26.2. The number of hydrogen-bond donors (Lipinski definition) is 1. The fourth-order valence-electron chi connectivity index (χ4n) is 9.02. The lowest BCUT2D eigenvalue weighted by Crippen LogP contribution is -2.54. The van der Waals surface area contributed by atoms with Crippen molar-refractivity contribution in [3.63, 3.8) is 0 Å². The Morgan fingerprint density at radius 3 is 2.57 bits per heavy atom. The number of likely N-dealkylation sites (tertiary alicyclic amines) is 2. The molecular weight excluding hydrogens is 725 g/mol. The third kappa shape index (κ3) is 6.42. The van der Waals surface area contributed by atoms with Gasteiger partial charge in [-0.3, -0.25) is 14.6 Å². The largest absolute Gasteiger partial charge is 0.481 e. The van der Waals surface area contributed by atoms with E-state index in [0.29, 0.717) is 88.2 Å². The summed E-state index contributed by atoms with van der Waals surface area (Å²) in [6.45, 7) is 4.48. The van der Waals surface area contributed by atoms with Crippen molar-refractivity contribution in [2.75, 3.05) is 33.3 Å². The molecule has 5 aromatic rings. The number of ketones is 1. The van der Waals surface area contributed by atoms with Crippen molar-refractivity contribution in [3.8, 4) is 40.4 Å². The minimum atomic E-state index is -0.319. The van der Waals surface area contributed by atoms with Crippen LogP contribution in [0.2, 0.25) is 10.0 Å². The Morgan fingerprint density at radius 1 is 1.00 bits per heavy atom. The van der Waals surface area contributed by atoms with Gasteiger partial charge in [-0.05, 0) is 72.2 Å². The van der Waals surface area contributed by atoms with Gasteiger partial charge in [0.15, 0.2) is 5.58 Å². The number of ether oxygens (including phenoxy) is 2. The van der Waals surface area contributed by atoms with E-state index in [2.05, 4.69) is 33.0 Å². The first-order valence-corrected chi connectivity index (χ1v) is 19.2. The van der Waals surface area contributed by atoms with E-state index in [1.807, 2.05) is 42.5 Å². The highest BCUT2D eigenvalue weighted by Crippen LogP contribution is 2.46. The molecule has 2 aliphatic heterocycles. The van der Waals surface area contributed by atoms with Gasteiger partial charge in [0.25, 0.3) is 0 Å². The van der Waals surface area contributed by atoms with Crippen LogP contribution in [-0.4, -0.2) is 70.1 Å². The topological polar surface area (TPSA) is 125 Å². The molecule has 4 heterocycles. The summed E-state index contributed by atoms with van der Waals surface area (Å²) >= 11 is 13.9. The minimum absolute atomic E-state index is 0.139. The van der Waals surface area contributed by atoms with Crippen molar-refractivity contribution in [2.24, 2.45) is 5.41 Å². The molecule has 1 saturated carbocycles. The second kappa shape index (κ2) is 14.0. The molecule has 2 saturated heterocycles. The molecule has 1 N–H and O–H groups in total. The van der Waals surface area contributed by atoms with Crippen molar-refractivity contribution in [1.82, 2.24) is 19.8 Å². The molecule has 3 fully saturated rings. The van der Waals surface area contributed by atoms with Gasteiger partial charge >= 0.3 is 0 Å². The van der Waals surface area contributed by atoms with Crippen LogP contribution < -0.4 is 9.47 Å². The highest BCUT2D eigenvalue weighted by atomic mass is 35.5. The van der Waals surface area contributed by atoms with Crippen LogP contribution in [0.15, 0.2) is 59.0 Å². The van der Waals surface area contributed by atoms with Crippen molar-refractivity contribution < 1.29 is 23.8 Å². The van der Waals surface area contributed by atoms with Gasteiger partial charge in [0.05, 0.1) is 29.4 Å². The number of methoxy groups -OCH3 is 1. The van der Waals surface area contributed by atoms with E-state index < -0.39 is 0 Å². The number of carbonyl (C=O) groups is 1. The van der Waals surface area contributed by atoms with Gasteiger partial charge in [-0.25, -0.2) is 4.98 Å². The summed E-state index contributed by atoms with van der Waals surface area (Å²) in [5.74, 6) is 1.49. The molecule has 9 rings (SSSR count). The lowest BCUT2D eigenvalue weighted by Gasteiger charge is -2.48. The number of aromatic nitrogens is 2. The first kappa shape index (κ1) is 35.2. The fourth-order valence-corrected chi connectivity index (χ4v) is 9.54. The molecule has 1 spiro atoms. The highest BCUT2D eigenvalue weighted by Gasteiger charge is 2.47. The molecule has 0 radical (unpaired) electrons. The van der Waals surface area contributed by atoms with E-state index >= 15 is 0 Å². The van der Waals surface area contributed by atoms with Crippen LogP contribution in [0.1, 0.15) is 66.0 Å². The zero-order chi connectivity index (χ0) is 37.1. The molecular formula is C42H39Cl2N5O5. The van der Waals surface area contributed by atoms with E-state index in [4.69, 9.17) is 42.1 Å². The maximum Gasteiger partial charge on any atom is 0.236 e. The van der Waals surface area contributed by atoms with Crippen LogP contribution in [0.3, 0.4) is 0 Å². The number of hydrogen-bond acceptors (Lipinski definition) is 10. The van der Waals surface area contributed by atoms with E-state index in [9.17, 15) is 15.2 Å². The summed E-state index contributed by atoms with van der Waals surface area (Å²) in [5.41, 5.74) is 8.12. The van der Waals surface area contributed by atoms with Crippen molar-refractivity contribution in [1.29, 1.82) is 5.26 Å². The number of carbonyl (C=O) groups excluding carboxylic acids is 1. The molecule has 2 aliphatic carbocycles. The number of halogens is 2. The number of benzene rings is 3. The summed E-state index contributed by atoms with van der Waals surface area (Å²) < 4.78 is 18.4. The zero-order valence-corrected chi connectivity index (χ0v) is 31.4. The number of rotatable bonds is 9. The Morgan fingerprint density at radius 2 is 1.81 bits per heavy atom. The SMILES string of the molecule is COc1nc(O[C@@H]2CCc3c(-c4cccc(-c5nc6cc(CN7CC8(CCC(=O)C8)C7)cc(C#N)c6o5)c4Cl)cccc32)c(Cl)cc1CN1CC[C@@H](O)C1. The third-order valence-electron chi connectivity index (χ3n) is 11.5. The van der Waals surface area contributed by atoms with Crippen LogP contribution in [0.5, 0.6) is 11.8 Å². The smallest absolute Gasteiger partial charge is 0.236 e. The Balaban J connectivity index is 0.963. The lowest BCUT2D eigenvalue weighted by molar-refractivity contribution is -0.119.